The molecule has 0 aliphatic rings. The van der Waals surface area contributed by atoms with E-state index in [0.717, 1.165) is 45.5 Å². The first-order valence-electron chi connectivity index (χ1n) is 9.10. The van der Waals surface area contributed by atoms with Gasteiger partial charge in [-0.15, -0.1) is 0 Å². The Balaban J connectivity index is 2.03. The number of fused-ring (bicyclic) bond motifs is 1. The molecular weight excluding hydrogens is 334 g/mol. The van der Waals surface area contributed by atoms with E-state index in [1.54, 1.807) is 7.11 Å². The van der Waals surface area contributed by atoms with Crippen molar-refractivity contribution in [3.05, 3.63) is 94.9 Å². The maximum absolute atomic E-state index is 13.6. The van der Waals surface area contributed by atoms with Gasteiger partial charge in [-0.3, -0.25) is 9.36 Å². The summed E-state index contributed by atoms with van der Waals surface area (Å²) < 4.78 is 7.09. The molecule has 4 rings (SSSR count). The lowest BCUT2D eigenvalue weighted by Gasteiger charge is -2.15. The van der Waals surface area contributed by atoms with Crippen LogP contribution in [-0.4, -0.2) is 11.7 Å². The number of nitrogens with zero attached hydrogens (tertiary/aromatic N) is 1. The normalized spacial score (nSPS) is 10.9. The van der Waals surface area contributed by atoms with Gasteiger partial charge in [0.15, 0.2) is 0 Å². The van der Waals surface area contributed by atoms with Crippen LogP contribution in [0.4, 0.5) is 0 Å². The molecule has 0 bridgehead atoms. The first-order chi connectivity index (χ1) is 13.2. The number of benzene rings is 3. The highest BCUT2D eigenvalue weighted by molar-refractivity contribution is 5.96. The summed E-state index contributed by atoms with van der Waals surface area (Å²) in [7, 11) is 1.65. The van der Waals surface area contributed by atoms with E-state index in [-0.39, 0.29) is 5.56 Å². The Bertz CT molecular complexity index is 1140. The second kappa shape index (κ2) is 7.12. The van der Waals surface area contributed by atoms with Gasteiger partial charge in [0.25, 0.3) is 5.56 Å². The van der Waals surface area contributed by atoms with E-state index in [2.05, 4.69) is 13.0 Å². The number of aromatic nitrogens is 1. The minimum atomic E-state index is 0.0157. The number of aryl methyl sites for hydroxylation is 1. The predicted octanol–water partition coefficient (Wildman–Crippen LogP) is 5.23. The zero-order chi connectivity index (χ0) is 18.8. The summed E-state index contributed by atoms with van der Waals surface area (Å²) in [4.78, 5) is 13.6. The van der Waals surface area contributed by atoms with E-state index in [9.17, 15) is 4.79 Å². The minimum Gasteiger partial charge on any atom is -0.497 e. The second-order valence-corrected chi connectivity index (χ2v) is 6.46. The average molecular weight is 355 g/mol. The summed E-state index contributed by atoms with van der Waals surface area (Å²) in [5, 5.41) is 1.71. The van der Waals surface area contributed by atoms with E-state index in [1.807, 2.05) is 77.4 Å². The van der Waals surface area contributed by atoms with Crippen molar-refractivity contribution in [2.75, 3.05) is 7.11 Å². The fourth-order valence-corrected chi connectivity index (χ4v) is 3.55. The van der Waals surface area contributed by atoms with Gasteiger partial charge < -0.3 is 4.74 Å². The smallest absolute Gasteiger partial charge is 0.263 e. The average Bonchev–Trinajstić information content (AvgIpc) is 2.73. The number of methoxy groups -OCH3 is 1. The molecule has 0 saturated heterocycles. The SMILES string of the molecule is CCc1cc2cccc(-c3ccc(OC)cc3)c2c(=O)n1-c1ccccc1. The number of para-hydroxylation sites is 1. The van der Waals surface area contributed by atoms with Gasteiger partial charge in [0.2, 0.25) is 0 Å². The molecule has 0 unspecified atom stereocenters. The highest BCUT2D eigenvalue weighted by Gasteiger charge is 2.14. The van der Waals surface area contributed by atoms with Crippen LogP contribution in [0.3, 0.4) is 0 Å². The van der Waals surface area contributed by atoms with Crippen molar-refractivity contribution in [3.8, 4) is 22.6 Å². The third-order valence-corrected chi connectivity index (χ3v) is 4.90. The van der Waals surface area contributed by atoms with Crippen molar-refractivity contribution >= 4 is 10.8 Å². The van der Waals surface area contributed by atoms with Crippen LogP contribution >= 0.6 is 0 Å². The van der Waals surface area contributed by atoms with Crippen molar-refractivity contribution in [2.45, 2.75) is 13.3 Å². The lowest BCUT2D eigenvalue weighted by molar-refractivity contribution is 0.415. The fraction of sp³-hybridized carbons (Fsp3) is 0.125. The summed E-state index contributed by atoms with van der Waals surface area (Å²) >= 11 is 0. The highest BCUT2D eigenvalue weighted by Crippen LogP contribution is 2.29. The quantitative estimate of drug-likeness (QED) is 0.502. The van der Waals surface area contributed by atoms with E-state index < -0.39 is 0 Å². The third-order valence-electron chi connectivity index (χ3n) is 4.90. The van der Waals surface area contributed by atoms with E-state index in [4.69, 9.17) is 4.74 Å². The Morgan fingerprint density at radius 2 is 1.63 bits per heavy atom. The molecule has 0 aliphatic heterocycles. The summed E-state index contributed by atoms with van der Waals surface area (Å²) in [6, 6.07) is 25.8. The Morgan fingerprint density at radius 3 is 2.30 bits per heavy atom. The number of hydrogen-bond donors (Lipinski definition) is 0. The largest absolute Gasteiger partial charge is 0.497 e. The Kier molecular flexibility index (Phi) is 4.51. The van der Waals surface area contributed by atoms with Crippen LogP contribution in [0.2, 0.25) is 0 Å². The molecule has 0 N–H and O–H groups in total. The molecule has 0 fully saturated rings. The molecule has 3 nitrogen and oxygen atoms in total. The lowest BCUT2D eigenvalue weighted by atomic mass is 9.98. The summed E-state index contributed by atoms with van der Waals surface area (Å²) in [5.41, 5.74) is 3.85. The molecule has 0 atom stereocenters. The standard InChI is InChI=1S/C24H21NO2/c1-3-19-16-18-8-7-11-22(17-12-14-21(27-2)15-13-17)23(18)24(26)25(19)20-9-5-4-6-10-20/h4-16H,3H2,1-2H3. The van der Waals surface area contributed by atoms with Gasteiger partial charge in [-0.25, -0.2) is 0 Å². The predicted molar refractivity (Wildman–Crippen MR) is 111 cm³/mol. The van der Waals surface area contributed by atoms with Crippen LogP contribution in [0, 0.1) is 0 Å². The van der Waals surface area contributed by atoms with Crippen LogP contribution in [0.25, 0.3) is 27.6 Å². The number of rotatable bonds is 4. The number of pyridine rings is 1. The van der Waals surface area contributed by atoms with Crippen molar-refractivity contribution in [1.29, 1.82) is 0 Å². The van der Waals surface area contributed by atoms with Crippen LogP contribution in [-0.2, 0) is 6.42 Å². The number of hydrogen-bond acceptors (Lipinski definition) is 2. The Hall–Kier alpha value is -3.33. The summed E-state index contributed by atoms with van der Waals surface area (Å²) in [5.74, 6) is 0.800. The molecule has 0 radical (unpaired) electrons. The molecule has 134 valence electrons. The molecule has 3 aromatic carbocycles. The van der Waals surface area contributed by atoms with Crippen molar-refractivity contribution < 1.29 is 4.74 Å². The van der Waals surface area contributed by atoms with Crippen molar-refractivity contribution in [3.63, 3.8) is 0 Å². The Morgan fingerprint density at radius 1 is 0.889 bits per heavy atom. The van der Waals surface area contributed by atoms with E-state index in [1.165, 1.54) is 0 Å². The summed E-state index contributed by atoms with van der Waals surface area (Å²) in [6.45, 7) is 2.08. The van der Waals surface area contributed by atoms with Gasteiger partial charge in [-0.2, -0.15) is 0 Å². The first-order valence-corrected chi connectivity index (χ1v) is 9.10. The second-order valence-electron chi connectivity index (χ2n) is 6.46. The van der Waals surface area contributed by atoms with Gasteiger partial charge in [0.1, 0.15) is 5.75 Å². The monoisotopic (exact) mass is 355 g/mol. The first kappa shape index (κ1) is 17.1. The zero-order valence-corrected chi connectivity index (χ0v) is 15.5. The van der Waals surface area contributed by atoms with E-state index in [0.29, 0.717) is 0 Å². The summed E-state index contributed by atoms with van der Waals surface area (Å²) in [6.07, 6.45) is 0.785. The molecule has 0 aliphatic carbocycles. The molecule has 3 heteroatoms. The minimum absolute atomic E-state index is 0.0157. The molecule has 0 saturated carbocycles. The zero-order valence-electron chi connectivity index (χ0n) is 15.5. The van der Waals surface area contributed by atoms with Gasteiger partial charge in [0.05, 0.1) is 12.5 Å². The van der Waals surface area contributed by atoms with Gasteiger partial charge >= 0.3 is 0 Å². The molecule has 0 spiro atoms. The van der Waals surface area contributed by atoms with Gasteiger partial charge in [-0.05, 0) is 53.3 Å². The highest BCUT2D eigenvalue weighted by atomic mass is 16.5. The topological polar surface area (TPSA) is 31.2 Å². The molecular formula is C24H21NO2. The van der Waals surface area contributed by atoms with Crippen LogP contribution in [0.15, 0.2) is 83.7 Å². The van der Waals surface area contributed by atoms with Crippen LogP contribution < -0.4 is 10.3 Å². The maximum Gasteiger partial charge on any atom is 0.263 e. The molecule has 4 aromatic rings. The van der Waals surface area contributed by atoms with E-state index >= 15 is 0 Å². The van der Waals surface area contributed by atoms with Crippen molar-refractivity contribution in [1.82, 2.24) is 4.57 Å². The van der Waals surface area contributed by atoms with Gasteiger partial charge in [0, 0.05) is 11.4 Å². The lowest BCUT2D eigenvalue weighted by Crippen LogP contribution is -2.22. The molecule has 0 amide bonds. The molecule has 27 heavy (non-hydrogen) atoms. The maximum atomic E-state index is 13.6. The van der Waals surface area contributed by atoms with Crippen LogP contribution in [0.5, 0.6) is 5.75 Å². The fourth-order valence-electron chi connectivity index (χ4n) is 3.55. The molecule has 1 aromatic heterocycles. The van der Waals surface area contributed by atoms with Crippen LogP contribution in [0.1, 0.15) is 12.6 Å². The van der Waals surface area contributed by atoms with Gasteiger partial charge in [-0.1, -0.05) is 55.5 Å². The van der Waals surface area contributed by atoms with Crippen molar-refractivity contribution in [2.24, 2.45) is 0 Å². The Labute approximate surface area is 158 Å². The molecule has 1 heterocycles. The number of ether oxygens (including phenoxy) is 1. The third kappa shape index (κ3) is 3.02.